The smallest absolute Gasteiger partial charge is 0.0717 e. The van der Waals surface area contributed by atoms with Crippen molar-refractivity contribution in [2.24, 2.45) is 5.92 Å². The molecule has 24 heavy (non-hydrogen) atoms. The van der Waals surface area contributed by atoms with Crippen molar-refractivity contribution in [1.82, 2.24) is 4.90 Å². The number of likely N-dealkylation sites (tertiary alicyclic amines) is 1. The summed E-state index contributed by atoms with van der Waals surface area (Å²) in [7, 11) is 0. The summed E-state index contributed by atoms with van der Waals surface area (Å²) in [6.07, 6.45) is 6.72. The normalized spacial score (nSPS) is 29.0. The molecule has 2 atom stereocenters. The van der Waals surface area contributed by atoms with Crippen LogP contribution in [0.4, 0.5) is 5.69 Å². The highest BCUT2D eigenvalue weighted by molar-refractivity contribution is 5.52. The van der Waals surface area contributed by atoms with Crippen LogP contribution in [0.1, 0.15) is 36.8 Å². The molecule has 0 unspecified atom stereocenters. The van der Waals surface area contributed by atoms with Crippen LogP contribution >= 0.6 is 0 Å². The minimum absolute atomic E-state index is 0.0766. The predicted molar refractivity (Wildman–Crippen MR) is 96.5 cm³/mol. The fourth-order valence-corrected chi connectivity index (χ4v) is 4.79. The molecular formula is C20H30N2O2. The van der Waals surface area contributed by atoms with Gasteiger partial charge in [-0.25, -0.2) is 0 Å². The highest BCUT2D eigenvalue weighted by atomic mass is 16.3. The van der Waals surface area contributed by atoms with Crippen LogP contribution in [0.25, 0.3) is 0 Å². The van der Waals surface area contributed by atoms with Gasteiger partial charge in [-0.15, -0.1) is 0 Å². The first-order chi connectivity index (χ1) is 11.7. The number of aliphatic hydroxyl groups excluding tert-OH is 2. The summed E-state index contributed by atoms with van der Waals surface area (Å²) in [5.41, 5.74) is 4.51. The number of rotatable bonds is 3. The molecule has 132 valence electrons. The molecule has 1 aliphatic carbocycles. The van der Waals surface area contributed by atoms with Crippen molar-refractivity contribution in [3.8, 4) is 0 Å². The molecule has 0 spiro atoms. The quantitative estimate of drug-likeness (QED) is 0.887. The third-order valence-electron chi connectivity index (χ3n) is 6.42. The van der Waals surface area contributed by atoms with Gasteiger partial charge < -0.3 is 15.1 Å². The number of aryl methyl sites for hydroxylation is 2. The Balaban J connectivity index is 1.34. The van der Waals surface area contributed by atoms with Gasteiger partial charge in [-0.1, -0.05) is 6.07 Å². The number of piperidine rings is 2. The Bertz CT molecular complexity index is 569. The van der Waals surface area contributed by atoms with Crippen LogP contribution in [0.3, 0.4) is 0 Å². The van der Waals surface area contributed by atoms with Crippen LogP contribution in [0.5, 0.6) is 0 Å². The molecule has 0 saturated carbocycles. The molecule has 2 fully saturated rings. The lowest BCUT2D eigenvalue weighted by Gasteiger charge is -2.43. The second kappa shape index (κ2) is 7.03. The lowest BCUT2D eigenvalue weighted by molar-refractivity contribution is -0.0198. The van der Waals surface area contributed by atoms with E-state index in [9.17, 15) is 10.2 Å². The number of β-amino-alcohol motifs (C(OH)–C–C–N with tert-alkyl or cyclic N) is 1. The Morgan fingerprint density at radius 3 is 2.54 bits per heavy atom. The van der Waals surface area contributed by atoms with Gasteiger partial charge in [-0.05, 0) is 68.3 Å². The molecule has 4 heteroatoms. The van der Waals surface area contributed by atoms with Crippen LogP contribution < -0.4 is 4.90 Å². The van der Waals surface area contributed by atoms with E-state index in [2.05, 4.69) is 28.0 Å². The molecule has 3 aliphatic rings. The molecule has 0 amide bonds. The number of fused-ring (bicyclic) bond motifs is 1. The van der Waals surface area contributed by atoms with E-state index in [-0.39, 0.29) is 18.6 Å². The number of hydrogen-bond acceptors (Lipinski definition) is 4. The molecule has 0 radical (unpaired) electrons. The topological polar surface area (TPSA) is 46.9 Å². The Hall–Kier alpha value is -1.10. The van der Waals surface area contributed by atoms with Crippen molar-refractivity contribution < 1.29 is 10.2 Å². The first-order valence-electron chi connectivity index (χ1n) is 9.64. The molecule has 2 saturated heterocycles. The fourth-order valence-electron chi connectivity index (χ4n) is 4.79. The molecule has 1 aromatic rings. The Kier molecular flexibility index (Phi) is 4.79. The van der Waals surface area contributed by atoms with E-state index >= 15 is 0 Å². The number of anilines is 1. The van der Waals surface area contributed by atoms with Gasteiger partial charge in [0, 0.05) is 43.9 Å². The Morgan fingerprint density at radius 1 is 1.00 bits per heavy atom. The third kappa shape index (κ3) is 3.19. The number of hydrogen-bond donors (Lipinski definition) is 2. The van der Waals surface area contributed by atoms with Crippen molar-refractivity contribution in [3.05, 3.63) is 29.3 Å². The van der Waals surface area contributed by atoms with Gasteiger partial charge in [0.1, 0.15) is 0 Å². The van der Waals surface area contributed by atoms with Gasteiger partial charge in [-0.3, -0.25) is 4.90 Å². The van der Waals surface area contributed by atoms with Gasteiger partial charge in [0.05, 0.1) is 6.10 Å². The van der Waals surface area contributed by atoms with Gasteiger partial charge in [0.25, 0.3) is 0 Å². The van der Waals surface area contributed by atoms with E-state index in [0.29, 0.717) is 6.04 Å². The third-order valence-corrected chi connectivity index (χ3v) is 6.42. The number of nitrogens with zero attached hydrogens (tertiary/aromatic N) is 2. The summed E-state index contributed by atoms with van der Waals surface area (Å²) in [6.45, 7) is 4.09. The lowest BCUT2D eigenvalue weighted by atomic mass is 9.91. The molecular weight excluding hydrogens is 300 g/mol. The van der Waals surface area contributed by atoms with E-state index in [1.54, 1.807) is 11.1 Å². The van der Waals surface area contributed by atoms with Crippen molar-refractivity contribution in [2.75, 3.05) is 37.7 Å². The molecule has 4 nitrogen and oxygen atoms in total. The molecule has 2 N–H and O–H groups in total. The van der Waals surface area contributed by atoms with Crippen LogP contribution in [0.2, 0.25) is 0 Å². The summed E-state index contributed by atoms with van der Waals surface area (Å²) in [6, 6.07) is 7.64. The molecule has 2 aliphatic heterocycles. The second-order valence-electron chi connectivity index (χ2n) is 7.82. The van der Waals surface area contributed by atoms with Gasteiger partial charge >= 0.3 is 0 Å². The molecule has 0 aromatic heterocycles. The summed E-state index contributed by atoms with van der Waals surface area (Å²) in [5.74, 6) is 0.0766. The van der Waals surface area contributed by atoms with Crippen LogP contribution in [-0.4, -0.2) is 60.0 Å². The molecule has 4 rings (SSSR count). The largest absolute Gasteiger partial charge is 0.396 e. The van der Waals surface area contributed by atoms with Gasteiger partial charge in [-0.2, -0.15) is 0 Å². The first kappa shape index (κ1) is 16.4. The first-order valence-corrected chi connectivity index (χ1v) is 9.64. The van der Waals surface area contributed by atoms with E-state index in [4.69, 9.17) is 0 Å². The van der Waals surface area contributed by atoms with E-state index in [1.165, 1.54) is 37.8 Å². The molecule has 0 bridgehead atoms. The average molecular weight is 330 g/mol. The average Bonchev–Trinajstić information content (AvgIpc) is 3.09. The summed E-state index contributed by atoms with van der Waals surface area (Å²) in [4.78, 5) is 4.99. The lowest BCUT2D eigenvalue weighted by Crippen LogP contribution is -2.52. The Morgan fingerprint density at radius 2 is 1.79 bits per heavy atom. The van der Waals surface area contributed by atoms with Crippen molar-refractivity contribution in [2.45, 2.75) is 50.7 Å². The fraction of sp³-hybridized carbons (Fsp3) is 0.700. The maximum Gasteiger partial charge on any atom is 0.0717 e. The summed E-state index contributed by atoms with van der Waals surface area (Å²) >= 11 is 0. The molecule has 1 aromatic carbocycles. The predicted octanol–water partition coefficient (Wildman–Crippen LogP) is 1.82. The number of benzene rings is 1. The zero-order valence-corrected chi connectivity index (χ0v) is 14.5. The van der Waals surface area contributed by atoms with E-state index < -0.39 is 0 Å². The molecule has 2 heterocycles. The second-order valence-corrected chi connectivity index (χ2v) is 7.82. The van der Waals surface area contributed by atoms with Crippen LogP contribution in [-0.2, 0) is 12.8 Å². The highest BCUT2D eigenvalue weighted by Gasteiger charge is 2.32. The monoisotopic (exact) mass is 330 g/mol. The maximum atomic E-state index is 10.2. The summed E-state index contributed by atoms with van der Waals surface area (Å²) < 4.78 is 0. The zero-order chi connectivity index (χ0) is 16.5. The van der Waals surface area contributed by atoms with Crippen LogP contribution in [0.15, 0.2) is 18.2 Å². The van der Waals surface area contributed by atoms with E-state index in [0.717, 1.165) is 32.6 Å². The van der Waals surface area contributed by atoms with Gasteiger partial charge in [0.2, 0.25) is 0 Å². The van der Waals surface area contributed by atoms with Gasteiger partial charge in [0.15, 0.2) is 0 Å². The van der Waals surface area contributed by atoms with Crippen molar-refractivity contribution >= 4 is 5.69 Å². The van der Waals surface area contributed by atoms with Crippen molar-refractivity contribution in [1.29, 1.82) is 0 Å². The maximum absolute atomic E-state index is 10.2. The number of aliphatic hydroxyl groups is 2. The minimum atomic E-state index is -0.363. The zero-order valence-electron chi connectivity index (χ0n) is 14.5. The highest BCUT2D eigenvalue weighted by Crippen LogP contribution is 2.30. The van der Waals surface area contributed by atoms with E-state index in [1.807, 2.05) is 0 Å². The Labute approximate surface area is 145 Å². The summed E-state index contributed by atoms with van der Waals surface area (Å²) in [5, 5.41) is 19.5. The van der Waals surface area contributed by atoms with Crippen molar-refractivity contribution in [3.63, 3.8) is 0 Å². The standard InChI is InChI=1S/C20H30N2O2/c23-14-17-6-9-22(13-20(17)24)18-7-10-21(11-8-18)19-5-4-15-2-1-3-16(15)12-19/h4-5,12,17-18,20,23-24H,1-3,6-11,13-14H2/t17-,20+/m0/s1. The SMILES string of the molecule is OC[C@@H]1CCN(C2CCN(c3ccc4c(c3)CCC4)CC2)C[C@H]1O. The minimum Gasteiger partial charge on any atom is -0.396 e. The van der Waals surface area contributed by atoms with Crippen LogP contribution in [0, 0.1) is 5.92 Å².